The molecular formula is C27H24N4OS2. The summed E-state index contributed by atoms with van der Waals surface area (Å²) in [6.07, 6.45) is 3.64. The van der Waals surface area contributed by atoms with E-state index in [1.54, 1.807) is 29.3 Å². The van der Waals surface area contributed by atoms with Gasteiger partial charge in [-0.2, -0.15) is 0 Å². The van der Waals surface area contributed by atoms with Gasteiger partial charge in [0.25, 0.3) is 5.91 Å². The van der Waals surface area contributed by atoms with Gasteiger partial charge in [0.1, 0.15) is 0 Å². The zero-order chi connectivity index (χ0) is 23.3. The van der Waals surface area contributed by atoms with Gasteiger partial charge < -0.3 is 9.88 Å². The first-order valence-corrected chi connectivity index (χ1v) is 12.9. The second kappa shape index (κ2) is 10.2. The lowest BCUT2D eigenvalue weighted by molar-refractivity contribution is 0.0951. The van der Waals surface area contributed by atoms with Crippen LogP contribution in [-0.4, -0.2) is 20.4 Å². The van der Waals surface area contributed by atoms with Gasteiger partial charge in [-0.15, -0.1) is 11.3 Å². The molecule has 2 aromatic carbocycles. The highest BCUT2D eigenvalue weighted by molar-refractivity contribution is 7.98. The molecule has 0 atom stereocenters. The molecule has 3 aromatic heterocycles. The maximum absolute atomic E-state index is 12.5. The molecule has 5 rings (SSSR count). The van der Waals surface area contributed by atoms with Gasteiger partial charge in [-0.1, -0.05) is 59.8 Å². The number of aromatic nitrogens is 3. The second-order valence-corrected chi connectivity index (χ2v) is 10.1. The van der Waals surface area contributed by atoms with Gasteiger partial charge in [-0.3, -0.25) is 9.78 Å². The van der Waals surface area contributed by atoms with Crippen LogP contribution >= 0.6 is 23.1 Å². The van der Waals surface area contributed by atoms with Gasteiger partial charge in [0.15, 0.2) is 5.16 Å². The number of carbonyl (C=O) groups is 1. The van der Waals surface area contributed by atoms with Crippen LogP contribution in [0.15, 0.2) is 89.7 Å². The average Bonchev–Trinajstić information content (AvgIpc) is 3.50. The molecule has 0 unspecified atom stereocenters. The van der Waals surface area contributed by atoms with Crippen LogP contribution < -0.4 is 5.32 Å². The Morgan fingerprint density at radius 2 is 1.94 bits per heavy atom. The van der Waals surface area contributed by atoms with E-state index >= 15 is 0 Å². The van der Waals surface area contributed by atoms with Crippen LogP contribution in [0.25, 0.3) is 11.0 Å². The zero-order valence-corrected chi connectivity index (χ0v) is 20.4. The zero-order valence-electron chi connectivity index (χ0n) is 18.8. The second-order valence-electron chi connectivity index (χ2n) is 8.08. The van der Waals surface area contributed by atoms with Crippen molar-refractivity contribution >= 4 is 40.0 Å². The highest BCUT2D eigenvalue weighted by atomic mass is 32.2. The number of amides is 1. The number of fused-ring (bicyclic) bond motifs is 1. The molecule has 7 heteroatoms. The molecule has 170 valence electrons. The van der Waals surface area contributed by atoms with Crippen LogP contribution in [0.1, 0.15) is 31.9 Å². The SMILES string of the molecule is Cc1cccc(CSc2nc3ccncc3n2Cc2ccc(C(=O)NCc3cccs3)cc2)c1. The van der Waals surface area contributed by atoms with E-state index in [9.17, 15) is 4.79 Å². The first-order valence-electron chi connectivity index (χ1n) is 11.0. The number of benzene rings is 2. The minimum absolute atomic E-state index is 0.0633. The van der Waals surface area contributed by atoms with Gasteiger partial charge >= 0.3 is 0 Å². The van der Waals surface area contributed by atoms with Crippen LogP contribution in [0.4, 0.5) is 0 Å². The van der Waals surface area contributed by atoms with Crippen molar-refractivity contribution in [2.24, 2.45) is 0 Å². The minimum Gasteiger partial charge on any atom is -0.347 e. The Balaban J connectivity index is 1.32. The van der Waals surface area contributed by atoms with Crippen molar-refractivity contribution in [1.82, 2.24) is 19.9 Å². The lowest BCUT2D eigenvalue weighted by atomic mass is 10.1. The number of hydrogen-bond donors (Lipinski definition) is 1. The van der Waals surface area contributed by atoms with Gasteiger partial charge in [-0.25, -0.2) is 4.98 Å². The molecule has 0 fully saturated rings. The number of thiophene rings is 1. The minimum atomic E-state index is -0.0633. The van der Waals surface area contributed by atoms with Crippen molar-refractivity contribution in [1.29, 1.82) is 0 Å². The molecule has 34 heavy (non-hydrogen) atoms. The smallest absolute Gasteiger partial charge is 0.251 e. The fourth-order valence-corrected chi connectivity index (χ4v) is 5.39. The normalized spacial score (nSPS) is 11.1. The quantitative estimate of drug-likeness (QED) is 0.272. The molecule has 0 aliphatic heterocycles. The summed E-state index contributed by atoms with van der Waals surface area (Å²) in [5.74, 6) is 0.786. The number of imidazole rings is 1. The van der Waals surface area contributed by atoms with Gasteiger partial charge in [0.05, 0.1) is 30.3 Å². The van der Waals surface area contributed by atoms with Crippen molar-refractivity contribution in [2.75, 3.05) is 0 Å². The van der Waals surface area contributed by atoms with Gasteiger partial charge in [0.2, 0.25) is 0 Å². The summed E-state index contributed by atoms with van der Waals surface area (Å²) in [5.41, 5.74) is 6.25. The molecule has 3 heterocycles. The summed E-state index contributed by atoms with van der Waals surface area (Å²) in [7, 11) is 0. The van der Waals surface area contributed by atoms with E-state index in [-0.39, 0.29) is 5.91 Å². The summed E-state index contributed by atoms with van der Waals surface area (Å²) in [5, 5.41) is 5.95. The molecule has 1 amide bonds. The third-order valence-corrected chi connectivity index (χ3v) is 7.45. The predicted molar refractivity (Wildman–Crippen MR) is 139 cm³/mol. The fourth-order valence-electron chi connectivity index (χ4n) is 3.79. The monoisotopic (exact) mass is 484 g/mol. The van der Waals surface area contributed by atoms with Crippen LogP contribution in [-0.2, 0) is 18.8 Å². The number of rotatable bonds is 8. The number of pyridine rings is 1. The van der Waals surface area contributed by atoms with Crippen LogP contribution in [0.5, 0.6) is 0 Å². The number of aryl methyl sites for hydroxylation is 1. The molecule has 5 aromatic rings. The summed E-state index contributed by atoms with van der Waals surface area (Å²) in [4.78, 5) is 22.8. The van der Waals surface area contributed by atoms with E-state index < -0.39 is 0 Å². The van der Waals surface area contributed by atoms with Crippen molar-refractivity contribution in [3.63, 3.8) is 0 Å². The van der Waals surface area contributed by atoms with Crippen molar-refractivity contribution < 1.29 is 4.79 Å². The predicted octanol–water partition coefficient (Wildman–Crippen LogP) is 6.07. The third-order valence-electron chi connectivity index (χ3n) is 5.53. The van der Waals surface area contributed by atoms with Crippen LogP contribution in [0, 0.1) is 6.92 Å². The summed E-state index contributed by atoms with van der Waals surface area (Å²) in [6.45, 7) is 3.32. The Morgan fingerprint density at radius 3 is 2.74 bits per heavy atom. The van der Waals surface area contributed by atoms with Crippen molar-refractivity contribution in [2.45, 2.75) is 30.9 Å². The largest absolute Gasteiger partial charge is 0.347 e. The van der Waals surface area contributed by atoms with E-state index in [0.29, 0.717) is 18.7 Å². The number of carbonyl (C=O) groups excluding carboxylic acids is 1. The lowest BCUT2D eigenvalue weighted by Gasteiger charge is -2.10. The Hall–Kier alpha value is -3.42. The maximum Gasteiger partial charge on any atom is 0.251 e. The molecule has 0 saturated heterocycles. The van der Waals surface area contributed by atoms with Gasteiger partial charge in [-0.05, 0) is 47.7 Å². The Bertz CT molecular complexity index is 1410. The lowest BCUT2D eigenvalue weighted by Crippen LogP contribution is -2.22. The maximum atomic E-state index is 12.5. The standard InChI is InChI=1S/C27H24N4OS2/c1-19-4-2-5-21(14-19)18-34-27-30-24-11-12-28-16-25(24)31(27)17-20-7-9-22(10-8-20)26(32)29-15-23-6-3-13-33-23/h2-14,16H,15,17-18H2,1H3,(H,29,32). The number of nitrogens with zero attached hydrogens (tertiary/aromatic N) is 3. The first-order chi connectivity index (χ1) is 16.7. The van der Waals surface area contributed by atoms with E-state index in [1.165, 1.54) is 11.1 Å². The van der Waals surface area contributed by atoms with Crippen LogP contribution in [0.2, 0.25) is 0 Å². The molecule has 0 aliphatic rings. The van der Waals surface area contributed by atoms with E-state index in [2.05, 4.69) is 46.1 Å². The molecule has 0 aliphatic carbocycles. The van der Waals surface area contributed by atoms with Crippen LogP contribution in [0.3, 0.4) is 0 Å². The van der Waals surface area contributed by atoms with E-state index in [1.807, 2.05) is 54.0 Å². The fraction of sp³-hybridized carbons (Fsp3) is 0.148. The molecule has 1 N–H and O–H groups in total. The Morgan fingerprint density at radius 1 is 1.06 bits per heavy atom. The highest BCUT2D eigenvalue weighted by Crippen LogP contribution is 2.27. The number of hydrogen-bond acceptors (Lipinski definition) is 5. The third kappa shape index (κ3) is 5.21. The Kier molecular flexibility index (Phi) is 6.74. The summed E-state index contributed by atoms with van der Waals surface area (Å²) in [6, 6.07) is 22.3. The number of thioether (sulfide) groups is 1. The average molecular weight is 485 g/mol. The molecule has 0 bridgehead atoms. The van der Waals surface area contributed by atoms with E-state index in [0.717, 1.165) is 32.4 Å². The molecule has 0 radical (unpaired) electrons. The van der Waals surface area contributed by atoms with Crippen molar-refractivity contribution in [3.8, 4) is 0 Å². The topological polar surface area (TPSA) is 59.8 Å². The number of nitrogens with one attached hydrogen (secondary N) is 1. The highest BCUT2D eigenvalue weighted by Gasteiger charge is 2.13. The molecule has 5 nitrogen and oxygen atoms in total. The molecule has 0 spiro atoms. The Labute approximate surface area is 206 Å². The van der Waals surface area contributed by atoms with E-state index in [4.69, 9.17) is 4.98 Å². The first kappa shape index (κ1) is 22.4. The molecule has 0 saturated carbocycles. The summed E-state index contributed by atoms with van der Waals surface area (Å²) < 4.78 is 2.20. The van der Waals surface area contributed by atoms with Crippen molar-refractivity contribution in [3.05, 3.63) is 112 Å². The molecular weight excluding hydrogens is 460 g/mol. The summed E-state index contributed by atoms with van der Waals surface area (Å²) >= 11 is 3.37. The van der Waals surface area contributed by atoms with Gasteiger partial charge in [0, 0.05) is 22.4 Å².